The first-order valence-corrected chi connectivity index (χ1v) is 4.69. The number of ether oxygens (including phenoxy) is 1. The Morgan fingerprint density at radius 2 is 2.27 bits per heavy atom. The average molecular weight is 228 g/mol. The highest BCUT2D eigenvalue weighted by molar-refractivity contribution is 5.89. The van der Waals surface area contributed by atoms with Crippen molar-refractivity contribution in [2.45, 2.75) is 18.9 Å². The SMILES string of the molecule is COC(=O)c1ccc2c(c1)CCC2N.Cl. The third-order valence-electron chi connectivity index (χ3n) is 2.69. The highest BCUT2D eigenvalue weighted by Gasteiger charge is 2.20. The third-order valence-corrected chi connectivity index (χ3v) is 2.69. The molecule has 0 radical (unpaired) electrons. The molecule has 1 aromatic carbocycles. The number of esters is 1. The Labute approximate surface area is 95.0 Å². The third kappa shape index (κ3) is 2.13. The van der Waals surface area contributed by atoms with Gasteiger partial charge >= 0.3 is 5.97 Å². The van der Waals surface area contributed by atoms with Crippen molar-refractivity contribution in [3.05, 3.63) is 34.9 Å². The number of benzene rings is 1. The molecular weight excluding hydrogens is 214 g/mol. The Balaban J connectivity index is 0.00000112. The zero-order valence-electron chi connectivity index (χ0n) is 8.53. The van der Waals surface area contributed by atoms with Gasteiger partial charge in [0.15, 0.2) is 0 Å². The lowest BCUT2D eigenvalue weighted by molar-refractivity contribution is 0.0600. The van der Waals surface area contributed by atoms with Gasteiger partial charge in [-0.15, -0.1) is 12.4 Å². The van der Waals surface area contributed by atoms with E-state index in [1.165, 1.54) is 12.7 Å². The monoisotopic (exact) mass is 227 g/mol. The summed E-state index contributed by atoms with van der Waals surface area (Å²) < 4.78 is 4.65. The number of hydrogen-bond donors (Lipinski definition) is 1. The zero-order chi connectivity index (χ0) is 10.1. The molecule has 1 aliphatic rings. The lowest BCUT2D eigenvalue weighted by Crippen LogP contribution is -2.06. The molecule has 2 rings (SSSR count). The van der Waals surface area contributed by atoms with Gasteiger partial charge in [0.05, 0.1) is 12.7 Å². The molecule has 15 heavy (non-hydrogen) atoms. The minimum absolute atomic E-state index is 0. The summed E-state index contributed by atoms with van der Waals surface area (Å²) in [6.45, 7) is 0. The van der Waals surface area contributed by atoms with Gasteiger partial charge in [-0.1, -0.05) is 6.07 Å². The van der Waals surface area contributed by atoms with E-state index in [4.69, 9.17) is 5.73 Å². The van der Waals surface area contributed by atoms with Gasteiger partial charge in [-0.2, -0.15) is 0 Å². The maximum Gasteiger partial charge on any atom is 0.337 e. The normalized spacial score (nSPS) is 17.9. The van der Waals surface area contributed by atoms with Crippen molar-refractivity contribution in [3.8, 4) is 0 Å². The molecule has 0 bridgehead atoms. The van der Waals surface area contributed by atoms with Crippen molar-refractivity contribution in [1.82, 2.24) is 0 Å². The zero-order valence-corrected chi connectivity index (χ0v) is 9.34. The van der Waals surface area contributed by atoms with Gasteiger partial charge < -0.3 is 10.5 Å². The Bertz CT molecular complexity index is 379. The van der Waals surface area contributed by atoms with Crippen LogP contribution in [0.25, 0.3) is 0 Å². The number of carbonyl (C=O) groups excluding carboxylic acids is 1. The van der Waals surface area contributed by atoms with E-state index in [0.717, 1.165) is 18.4 Å². The highest BCUT2D eigenvalue weighted by atomic mass is 35.5. The topological polar surface area (TPSA) is 52.3 Å². The van der Waals surface area contributed by atoms with E-state index in [1.54, 1.807) is 6.07 Å². The van der Waals surface area contributed by atoms with Gasteiger partial charge in [-0.3, -0.25) is 0 Å². The molecule has 1 unspecified atom stereocenters. The largest absolute Gasteiger partial charge is 0.465 e. The van der Waals surface area contributed by atoms with Crippen LogP contribution in [0.3, 0.4) is 0 Å². The molecule has 0 heterocycles. The quantitative estimate of drug-likeness (QED) is 0.745. The number of methoxy groups -OCH3 is 1. The lowest BCUT2D eigenvalue weighted by atomic mass is 10.1. The molecule has 0 saturated heterocycles. The molecule has 1 aliphatic carbocycles. The Morgan fingerprint density at radius 1 is 1.53 bits per heavy atom. The van der Waals surface area contributed by atoms with Crippen molar-refractivity contribution in [1.29, 1.82) is 0 Å². The van der Waals surface area contributed by atoms with Gasteiger partial charge in [-0.25, -0.2) is 4.79 Å². The molecule has 0 spiro atoms. The van der Waals surface area contributed by atoms with Crippen molar-refractivity contribution in [3.63, 3.8) is 0 Å². The maximum atomic E-state index is 11.2. The Morgan fingerprint density at radius 3 is 2.93 bits per heavy atom. The molecule has 2 N–H and O–H groups in total. The second-order valence-corrected chi connectivity index (χ2v) is 3.55. The van der Waals surface area contributed by atoms with Crippen LogP contribution in [0.1, 0.15) is 33.9 Å². The van der Waals surface area contributed by atoms with E-state index in [-0.39, 0.29) is 24.4 Å². The fraction of sp³-hybridized carbons (Fsp3) is 0.364. The van der Waals surface area contributed by atoms with Crippen LogP contribution in [0.4, 0.5) is 0 Å². The van der Waals surface area contributed by atoms with Gasteiger partial charge in [0.1, 0.15) is 0 Å². The molecule has 0 amide bonds. The number of aryl methyl sites for hydroxylation is 1. The summed E-state index contributed by atoms with van der Waals surface area (Å²) in [4.78, 5) is 11.2. The van der Waals surface area contributed by atoms with E-state index < -0.39 is 0 Å². The molecule has 0 aromatic heterocycles. The van der Waals surface area contributed by atoms with Crippen LogP contribution in [0.15, 0.2) is 18.2 Å². The summed E-state index contributed by atoms with van der Waals surface area (Å²) in [5.41, 5.74) is 8.85. The molecule has 0 aliphatic heterocycles. The molecule has 1 atom stereocenters. The molecule has 1 aromatic rings. The molecule has 0 saturated carbocycles. The predicted molar refractivity (Wildman–Crippen MR) is 60.3 cm³/mol. The number of fused-ring (bicyclic) bond motifs is 1. The van der Waals surface area contributed by atoms with E-state index in [9.17, 15) is 4.79 Å². The molecule has 3 nitrogen and oxygen atoms in total. The summed E-state index contributed by atoms with van der Waals surface area (Å²) >= 11 is 0. The Hall–Kier alpha value is -1.06. The fourth-order valence-electron chi connectivity index (χ4n) is 1.90. The molecule has 0 fully saturated rings. The second-order valence-electron chi connectivity index (χ2n) is 3.55. The lowest BCUT2D eigenvalue weighted by Gasteiger charge is -2.05. The number of halogens is 1. The Kier molecular flexibility index (Phi) is 3.72. The van der Waals surface area contributed by atoms with E-state index >= 15 is 0 Å². The first kappa shape index (κ1) is 12.0. The van der Waals surface area contributed by atoms with Crippen molar-refractivity contribution in [2.24, 2.45) is 5.73 Å². The summed E-state index contributed by atoms with van der Waals surface area (Å²) in [5.74, 6) is -0.284. The van der Waals surface area contributed by atoms with Crippen LogP contribution in [-0.2, 0) is 11.2 Å². The van der Waals surface area contributed by atoms with Gasteiger partial charge in [-0.05, 0) is 36.1 Å². The number of carbonyl (C=O) groups is 1. The van der Waals surface area contributed by atoms with Crippen LogP contribution in [0, 0.1) is 0 Å². The molecular formula is C11H14ClNO2. The predicted octanol–water partition coefficient (Wildman–Crippen LogP) is 1.84. The summed E-state index contributed by atoms with van der Waals surface area (Å²) in [6.07, 6.45) is 1.93. The van der Waals surface area contributed by atoms with Crippen LogP contribution in [0.2, 0.25) is 0 Å². The number of rotatable bonds is 1. The average Bonchev–Trinajstić information content (AvgIpc) is 2.59. The van der Waals surface area contributed by atoms with Gasteiger partial charge in [0, 0.05) is 6.04 Å². The first-order chi connectivity index (χ1) is 6.72. The molecule has 4 heteroatoms. The smallest absolute Gasteiger partial charge is 0.337 e. The summed E-state index contributed by atoms with van der Waals surface area (Å²) in [5, 5.41) is 0. The number of hydrogen-bond acceptors (Lipinski definition) is 3. The second kappa shape index (κ2) is 4.64. The minimum Gasteiger partial charge on any atom is -0.465 e. The fourth-order valence-corrected chi connectivity index (χ4v) is 1.90. The maximum absolute atomic E-state index is 11.2. The van der Waals surface area contributed by atoms with E-state index in [1.807, 2.05) is 12.1 Å². The summed E-state index contributed by atoms with van der Waals surface area (Å²) in [7, 11) is 1.39. The number of nitrogens with two attached hydrogens (primary N) is 1. The van der Waals surface area contributed by atoms with Crippen LogP contribution >= 0.6 is 12.4 Å². The van der Waals surface area contributed by atoms with Crippen LogP contribution < -0.4 is 5.73 Å². The summed E-state index contributed by atoms with van der Waals surface area (Å²) in [6, 6.07) is 5.72. The van der Waals surface area contributed by atoms with Gasteiger partial charge in [0.25, 0.3) is 0 Å². The van der Waals surface area contributed by atoms with Crippen molar-refractivity contribution >= 4 is 18.4 Å². The van der Waals surface area contributed by atoms with Crippen LogP contribution in [-0.4, -0.2) is 13.1 Å². The minimum atomic E-state index is -0.284. The van der Waals surface area contributed by atoms with Crippen LogP contribution in [0.5, 0.6) is 0 Å². The standard InChI is InChI=1S/C11H13NO2.ClH/c1-14-11(13)8-2-4-9-7(6-8)3-5-10(9)12;/h2,4,6,10H,3,5,12H2,1H3;1H. The van der Waals surface area contributed by atoms with Gasteiger partial charge in [0.2, 0.25) is 0 Å². The van der Waals surface area contributed by atoms with E-state index in [0.29, 0.717) is 5.56 Å². The van der Waals surface area contributed by atoms with E-state index in [2.05, 4.69) is 4.74 Å². The van der Waals surface area contributed by atoms with Crippen molar-refractivity contribution in [2.75, 3.05) is 7.11 Å². The molecule has 82 valence electrons. The first-order valence-electron chi connectivity index (χ1n) is 4.69. The van der Waals surface area contributed by atoms with Crippen molar-refractivity contribution < 1.29 is 9.53 Å². The highest BCUT2D eigenvalue weighted by Crippen LogP contribution is 2.29.